The molecule has 0 spiro atoms. The standard InChI is InChI=1S/C12H10ClNO3/c1-2-17-12(16)9(7-14)5-8-6-10(13)3-4-11(8)15/h3-6,15H,2H2,1H3/b9-5+. The average Bonchev–Trinajstić information content (AvgIpc) is 2.30. The second-order valence-electron chi connectivity index (χ2n) is 3.09. The number of ether oxygens (including phenoxy) is 1. The van der Waals surface area contributed by atoms with Gasteiger partial charge < -0.3 is 9.84 Å². The van der Waals surface area contributed by atoms with E-state index in [-0.39, 0.29) is 17.9 Å². The Morgan fingerprint density at radius 1 is 1.65 bits per heavy atom. The highest BCUT2D eigenvalue weighted by atomic mass is 35.5. The van der Waals surface area contributed by atoms with Crippen molar-refractivity contribution >= 4 is 23.6 Å². The second-order valence-corrected chi connectivity index (χ2v) is 3.53. The summed E-state index contributed by atoms with van der Waals surface area (Å²) >= 11 is 5.74. The van der Waals surface area contributed by atoms with Crippen LogP contribution in [0.2, 0.25) is 5.02 Å². The molecule has 0 heterocycles. The fourth-order valence-electron chi connectivity index (χ4n) is 1.14. The number of nitriles is 1. The van der Waals surface area contributed by atoms with E-state index in [2.05, 4.69) is 0 Å². The van der Waals surface area contributed by atoms with Crippen LogP contribution in [0.3, 0.4) is 0 Å². The maximum absolute atomic E-state index is 11.3. The molecule has 1 aromatic carbocycles. The number of esters is 1. The van der Waals surface area contributed by atoms with Crippen LogP contribution in [-0.2, 0) is 9.53 Å². The van der Waals surface area contributed by atoms with Crippen LogP contribution in [0.15, 0.2) is 23.8 Å². The number of phenolic OH excluding ortho intramolecular Hbond substituents is 1. The normalized spacial score (nSPS) is 10.8. The van der Waals surface area contributed by atoms with Crippen LogP contribution in [0, 0.1) is 11.3 Å². The van der Waals surface area contributed by atoms with Gasteiger partial charge in [-0.05, 0) is 31.2 Å². The Balaban J connectivity index is 3.11. The summed E-state index contributed by atoms with van der Waals surface area (Å²) in [5, 5.41) is 18.7. The molecule has 0 saturated carbocycles. The monoisotopic (exact) mass is 251 g/mol. The molecule has 0 unspecified atom stereocenters. The zero-order valence-corrected chi connectivity index (χ0v) is 9.86. The highest BCUT2D eigenvalue weighted by Crippen LogP contribution is 2.23. The van der Waals surface area contributed by atoms with E-state index in [0.717, 1.165) is 0 Å². The third-order valence-electron chi connectivity index (χ3n) is 1.91. The molecule has 1 aromatic rings. The highest BCUT2D eigenvalue weighted by molar-refractivity contribution is 6.30. The summed E-state index contributed by atoms with van der Waals surface area (Å²) in [4.78, 5) is 11.3. The Bertz CT molecular complexity index is 503. The van der Waals surface area contributed by atoms with Gasteiger partial charge in [0.25, 0.3) is 0 Å². The molecule has 1 N–H and O–H groups in total. The van der Waals surface area contributed by atoms with E-state index in [1.54, 1.807) is 13.0 Å². The van der Waals surface area contributed by atoms with Gasteiger partial charge in [0.15, 0.2) is 0 Å². The quantitative estimate of drug-likeness (QED) is 0.509. The van der Waals surface area contributed by atoms with Crippen molar-refractivity contribution < 1.29 is 14.6 Å². The van der Waals surface area contributed by atoms with Gasteiger partial charge in [-0.25, -0.2) is 4.79 Å². The predicted molar refractivity (Wildman–Crippen MR) is 63.3 cm³/mol. The maximum Gasteiger partial charge on any atom is 0.348 e. The minimum Gasteiger partial charge on any atom is -0.507 e. The SMILES string of the molecule is CCOC(=O)/C(C#N)=C/c1cc(Cl)ccc1O. The smallest absolute Gasteiger partial charge is 0.348 e. The lowest BCUT2D eigenvalue weighted by Gasteiger charge is -2.02. The average molecular weight is 252 g/mol. The minimum absolute atomic E-state index is 0.0635. The highest BCUT2D eigenvalue weighted by Gasteiger charge is 2.11. The number of rotatable bonds is 3. The number of nitrogens with zero attached hydrogens (tertiary/aromatic N) is 1. The third kappa shape index (κ3) is 3.51. The summed E-state index contributed by atoms with van der Waals surface area (Å²) in [5.41, 5.74) is 0.103. The Morgan fingerprint density at radius 3 is 2.94 bits per heavy atom. The van der Waals surface area contributed by atoms with Gasteiger partial charge in [0, 0.05) is 10.6 Å². The first-order valence-electron chi connectivity index (χ1n) is 4.86. The Hall–Kier alpha value is -1.99. The van der Waals surface area contributed by atoms with Crippen LogP contribution in [0.25, 0.3) is 6.08 Å². The van der Waals surface area contributed by atoms with Gasteiger partial charge in [0.1, 0.15) is 17.4 Å². The molecule has 5 heteroatoms. The zero-order chi connectivity index (χ0) is 12.8. The number of carbonyl (C=O) groups is 1. The molecular formula is C12H10ClNO3. The van der Waals surface area contributed by atoms with E-state index in [1.807, 2.05) is 0 Å². The molecule has 0 radical (unpaired) electrons. The fraction of sp³-hybridized carbons (Fsp3) is 0.167. The van der Waals surface area contributed by atoms with Crippen molar-refractivity contribution in [1.29, 1.82) is 5.26 Å². The first-order valence-corrected chi connectivity index (χ1v) is 5.23. The molecule has 0 aromatic heterocycles. The van der Waals surface area contributed by atoms with Crippen LogP contribution in [0.1, 0.15) is 12.5 Å². The molecule has 0 aliphatic carbocycles. The van der Waals surface area contributed by atoms with Crippen molar-refractivity contribution in [2.45, 2.75) is 6.92 Å². The van der Waals surface area contributed by atoms with Gasteiger partial charge in [-0.3, -0.25) is 0 Å². The Kier molecular flexibility index (Phi) is 4.56. The fourth-order valence-corrected chi connectivity index (χ4v) is 1.32. The number of hydrogen-bond donors (Lipinski definition) is 1. The number of halogens is 1. The topological polar surface area (TPSA) is 70.3 Å². The van der Waals surface area contributed by atoms with Crippen LogP contribution in [0.4, 0.5) is 0 Å². The summed E-state index contributed by atoms with van der Waals surface area (Å²) in [6, 6.07) is 6.05. The second kappa shape index (κ2) is 5.92. The molecule has 0 saturated heterocycles. The lowest BCUT2D eigenvalue weighted by atomic mass is 10.1. The summed E-state index contributed by atoms with van der Waals surface area (Å²) in [5.74, 6) is -0.791. The number of benzene rings is 1. The number of aromatic hydroxyl groups is 1. The van der Waals surface area contributed by atoms with Crippen molar-refractivity contribution in [1.82, 2.24) is 0 Å². The van der Waals surface area contributed by atoms with Crippen LogP contribution < -0.4 is 0 Å². The van der Waals surface area contributed by atoms with Crippen LogP contribution >= 0.6 is 11.6 Å². The van der Waals surface area contributed by atoms with Crippen LogP contribution in [-0.4, -0.2) is 17.7 Å². The summed E-state index contributed by atoms with van der Waals surface area (Å²) in [6.07, 6.45) is 1.24. The first kappa shape index (κ1) is 13.1. The van der Waals surface area contributed by atoms with Crippen LogP contribution in [0.5, 0.6) is 5.75 Å². The lowest BCUT2D eigenvalue weighted by Crippen LogP contribution is -2.05. The van der Waals surface area contributed by atoms with Gasteiger partial charge in [-0.15, -0.1) is 0 Å². The number of carbonyl (C=O) groups excluding carboxylic acids is 1. The molecule has 1 rings (SSSR count). The maximum atomic E-state index is 11.3. The largest absolute Gasteiger partial charge is 0.507 e. The molecule has 0 aliphatic rings. The van der Waals surface area contributed by atoms with Gasteiger partial charge >= 0.3 is 5.97 Å². The Morgan fingerprint density at radius 2 is 2.35 bits per heavy atom. The molecule has 0 aliphatic heterocycles. The molecule has 0 bridgehead atoms. The molecule has 4 nitrogen and oxygen atoms in total. The van der Waals surface area contributed by atoms with Gasteiger partial charge in [-0.2, -0.15) is 5.26 Å². The van der Waals surface area contributed by atoms with Gasteiger partial charge in [0.05, 0.1) is 6.61 Å². The van der Waals surface area contributed by atoms with E-state index in [9.17, 15) is 9.90 Å². The molecule has 88 valence electrons. The molecule has 0 amide bonds. The minimum atomic E-state index is -0.727. The zero-order valence-electron chi connectivity index (χ0n) is 9.11. The molecule has 17 heavy (non-hydrogen) atoms. The van der Waals surface area contributed by atoms with Crippen molar-refractivity contribution in [3.8, 4) is 11.8 Å². The first-order chi connectivity index (χ1) is 8.08. The molecule has 0 fully saturated rings. The van der Waals surface area contributed by atoms with E-state index in [0.29, 0.717) is 10.6 Å². The summed E-state index contributed by atoms with van der Waals surface area (Å²) in [6.45, 7) is 1.82. The number of hydrogen-bond acceptors (Lipinski definition) is 4. The van der Waals surface area contributed by atoms with Gasteiger partial charge in [0.2, 0.25) is 0 Å². The van der Waals surface area contributed by atoms with Crippen molar-refractivity contribution in [2.24, 2.45) is 0 Å². The Labute approximate surface area is 104 Å². The molecule has 0 atom stereocenters. The van der Waals surface area contributed by atoms with E-state index >= 15 is 0 Å². The van der Waals surface area contributed by atoms with Crippen molar-refractivity contribution in [3.05, 3.63) is 34.4 Å². The predicted octanol–water partition coefficient (Wildman–Crippen LogP) is 2.52. The van der Waals surface area contributed by atoms with Crippen molar-refractivity contribution in [2.75, 3.05) is 6.61 Å². The van der Waals surface area contributed by atoms with Gasteiger partial charge in [-0.1, -0.05) is 11.6 Å². The third-order valence-corrected chi connectivity index (χ3v) is 2.14. The lowest BCUT2D eigenvalue weighted by molar-refractivity contribution is -0.137. The van der Waals surface area contributed by atoms with E-state index in [4.69, 9.17) is 21.6 Å². The molecular weight excluding hydrogens is 242 g/mol. The van der Waals surface area contributed by atoms with E-state index in [1.165, 1.54) is 24.3 Å². The number of phenols is 1. The van der Waals surface area contributed by atoms with E-state index < -0.39 is 5.97 Å². The summed E-state index contributed by atoms with van der Waals surface area (Å²) in [7, 11) is 0. The summed E-state index contributed by atoms with van der Waals surface area (Å²) < 4.78 is 4.69. The van der Waals surface area contributed by atoms with Crippen molar-refractivity contribution in [3.63, 3.8) is 0 Å².